The van der Waals surface area contributed by atoms with Crippen LogP contribution in [0.5, 0.6) is 0 Å². The molecule has 152 valence electrons. The Hall–Kier alpha value is -1.71. The summed E-state index contributed by atoms with van der Waals surface area (Å²) in [4.78, 5) is 21.8. The summed E-state index contributed by atoms with van der Waals surface area (Å²) in [6.07, 6.45) is 2.73. The van der Waals surface area contributed by atoms with Gasteiger partial charge in [-0.25, -0.2) is 17.7 Å². The average Bonchev–Trinajstić information content (AvgIpc) is 3.10. The molecular weight excluding hydrogens is 396 g/mol. The maximum absolute atomic E-state index is 12.9. The van der Waals surface area contributed by atoms with E-state index in [4.69, 9.17) is 4.98 Å². The van der Waals surface area contributed by atoms with Crippen LogP contribution in [0.2, 0.25) is 0 Å². The topological polar surface area (TPSA) is 73.8 Å². The van der Waals surface area contributed by atoms with Crippen LogP contribution < -0.4 is 4.90 Å². The summed E-state index contributed by atoms with van der Waals surface area (Å²) in [5.41, 5.74) is 2.25. The molecule has 0 bridgehead atoms. The molecule has 0 aliphatic carbocycles. The maximum Gasteiger partial charge on any atom is 0.227 e. The molecule has 28 heavy (non-hydrogen) atoms. The van der Waals surface area contributed by atoms with E-state index >= 15 is 0 Å². The highest BCUT2D eigenvalue weighted by atomic mass is 32.2. The number of carbonyl (C=O) groups excluding carboxylic acids is 1. The molecule has 0 spiro atoms. The molecule has 7 nitrogen and oxygen atoms in total. The Morgan fingerprint density at radius 3 is 2.64 bits per heavy atom. The van der Waals surface area contributed by atoms with Gasteiger partial charge in [-0.05, 0) is 37.5 Å². The van der Waals surface area contributed by atoms with E-state index in [-0.39, 0.29) is 11.8 Å². The number of anilines is 1. The van der Waals surface area contributed by atoms with Gasteiger partial charge in [-0.3, -0.25) is 4.79 Å². The van der Waals surface area contributed by atoms with Gasteiger partial charge in [0.05, 0.1) is 22.4 Å². The lowest BCUT2D eigenvalue weighted by Crippen LogP contribution is -2.53. The number of hydrogen-bond donors (Lipinski definition) is 0. The summed E-state index contributed by atoms with van der Waals surface area (Å²) in [6, 6.07) is 6.29. The molecule has 9 heteroatoms. The number of carbonyl (C=O) groups is 1. The SMILES string of the molecule is Cc1ccc2nc(N3CCN(C(=O)C4CCCN(S(C)(=O)=O)C4)CC3)sc2c1. The van der Waals surface area contributed by atoms with Crippen molar-refractivity contribution < 1.29 is 13.2 Å². The number of thiazole rings is 1. The Morgan fingerprint density at radius 2 is 1.93 bits per heavy atom. The minimum absolute atomic E-state index is 0.0907. The molecule has 2 aliphatic rings. The summed E-state index contributed by atoms with van der Waals surface area (Å²) >= 11 is 1.70. The lowest BCUT2D eigenvalue weighted by Gasteiger charge is -2.38. The highest BCUT2D eigenvalue weighted by molar-refractivity contribution is 7.88. The third kappa shape index (κ3) is 4.01. The summed E-state index contributed by atoms with van der Waals surface area (Å²) in [6.45, 7) is 5.74. The third-order valence-corrected chi connectivity index (χ3v) is 7.95. The lowest BCUT2D eigenvalue weighted by molar-refractivity contribution is -0.137. The number of piperazine rings is 1. The Kier molecular flexibility index (Phi) is 5.32. The van der Waals surface area contributed by atoms with E-state index < -0.39 is 10.0 Å². The van der Waals surface area contributed by atoms with Gasteiger partial charge in [0, 0.05) is 39.3 Å². The minimum atomic E-state index is -3.24. The molecule has 0 saturated carbocycles. The fraction of sp³-hybridized carbons (Fsp3) is 0.579. The summed E-state index contributed by atoms with van der Waals surface area (Å²) in [5, 5.41) is 1.01. The van der Waals surface area contributed by atoms with Gasteiger partial charge in [0.25, 0.3) is 0 Å². The molecule has 2 saturated heterocycles. The van der Waals surface area contributed by atoms with Crippen LogP contribution >= 0.6 is 11.3 Å². The van der Waals surface area contributed by atoms with Crippen LogP contribution in [0, 0.1) is 12.8 Å². The smallest absolute Gasteiger partial charge is 0.227 e. The van der Waals surface area contributed by atoms with E-state index in [1.807, 2.05) is 4.90 Å². The number of fused-ring (bicyclic) bond motifs is 1. The molecule has 0 radical (unpaired) electrons. The van der Waals surface area contributed by atoms with E-state index in [2.05, 4.69) is 30.0 Å². The zero-order chi connectivity index (χ0) is 19.9. The first-order chi connectivity index (χ1) is 13.3. The second kappa shape index (κ2) is 7.61. The minimum Gasteiger partial charge on any atom is -0.345 e. The Bertz CT molecular complexity index is 980. The molecule has 1 unspecified atom stereocenters. The monoisotopic (exact) mass is 422 g/mol. The largest absolute Gasteiger partial charge is 0.345 e. The standard InChI is InChI=1S/C19H26N4O3S2/c1-14-5-6-16-17(12-14)27-19(20-16)22-10-8-21(9-11-22)18(24)15-4-3-7-23(13-15)28(2,25)26/h5-6,12,15H,3-4,7-11,13H2,1-2H3. The van der Waals surface area contributed by atoms with Gasteiger partial charge in [0.1, 0.15) is 0 Å². The number of nitrogens with zero attached hydrogens (tertiary/aromatic N) is 4. The Morgan fingerprint density at radius 1 is 1.18 bits per heavy atom. The van der Waals surface area contributed by atoms with E-state index in [9.17, 15) is 13.2 Å². The van der Waals surface area contributed by atoms with Crippen molar-refractivity contribution in [1.82, 2.24) is 14.2 Å². The number of aromatic nitrogens is 1. The van der Waals surface area contributed by atoms with Crippen LogP contribution in [0.3, 0.4) is 0 Å². The number of aryl methyl sites for hydroxylation is 1. The highest BCUT2D eigenvalue weighted by Gasteiger charge is 2.34. The fourth-order valence-corrected chi connectivity index (χ4v) is 6.00. The van der Waals surface area contributed by atoms with E-state index in [1.165, 1.54) is 20.8 Å². The van der Waals surface area contributed by atoms with Crippen molar-refractivity contribution in [2.45, 2.75) is 19.8 Å². The zero-order valence-electron chi connectivity index (χ0n) is 16.3. The molecule has 0 N–H and O–H groups in total. The van der Waals surface area contributed by atoms with Crippen LogP contribution in [-0.2, 0) is 14.8 Å². The number of hydrogen-bond acceptors (Lipinski definition) is 6. The quantitative estimate of drug-likeness (QED) is 0.756. The zero-order valence-corrected chi connectivity index (χ0v) is 17.9. The molecule has 2 aromatic rings. The maximum atomic E-state index is 12.9. The fourth-order valence-electron chi connectivity index (χ4n) is 3.98. The van der Waals surface area contributed by atoms with Gasteiger partial charge >= 0.3 is 0 Å². The summed E-state index contributed by atoms with van der Waals surface area (Å²) in [5.74, 6) is -0.131. The molecule has 3 heterocycles. The first kappa shape index (κ1) is 19.6. The lowest BCUT2D eigenvalue weighted by atomic mass is 9.98. The van der Waals surface area contributed by atoms with Gasteiger partial charge in [0.2, 0.25) is 15.9 Å². The second-order valence-electron chi connectivity index (χ2n) is 7.74. The Balaban J connectivity index is 1.38. The number of benzene rings is 1. The van der Waals surface area contributed by atoms with Crippen LogP contribution in [0.4, 0.5) is 5.13 Å². The Labute approximate surface area is 170 Å². The molecular formula is C19H26N4O3S2. The van der Waals surface area contributed by atoms with Crippen molar-refractivity contribution >= 4 is 42.6 Å². The molecule has 4 rings (SSSR count). The van der Waals surface area contributed by atoms with Crippen LogP contribution in [-0.4, -0.2) is 74.0 Å². The number of rotatable bonds is 3. The molecule has 2 aliphatic heterocycles. The summed E-state index contributed by atoms with van der Waals surface area (Å²) in [7, 11) is -3.24. The van der Waals surface area contributed by atoms with Crippen molar-refractivity contribution in [3.05, 3.63) is 23.8 Å². The first-order valence-electron chi connectivity index (χ1n) is 9.67. The third-order valence-electron chi connectivity index (χ3n) is 5.60. The predicted octanol–water partition coefficient (Wildman–Crippen LogP) is 1.92. The number of amides is 1. The van der Waals surface area contributed by atoms with E-state index in [1.54, 1.807) is 11.3 Å². The highest BCUT2D eigenvalue weighted by Crippen LogP contribution is 2.30. The number of piperidine rings is 1. The van der Waals surface area contributed by atoms with Gasteiger partial charge in [-0.1, -0.05) is 17.4 Å². The van der Waals surface area contributed by atoms with Gasteiger partial charge in [0.15, 0.2) is 5.13 Å². The van der Waals surface area contributed by atoms with Crippen molar-refractivity contribution in [3.8, 4) is 0 Å². The van der Waals surface area contributed by atoms with Crippen LogP contribution in [0.25, 0.3) is 10.2 Å². The molecule has 1 aromatic carbocycles. The molecule has 1 amide bonds. The van der Waals surface area contributed by atoms with Gasteiger partial charge in [-0.2, -0.15) is 0 Å². The number of sulfonamides is 1. The van der Waals surface area contributed by atoms with Gasteiger partial charge in [-0.15, -0.1) is 0 Å². The van der Waals surface area contributed by atoms with Crippen molar-refractivity contribution in [2.75, 3.05) is 50.4 Å². The van der Waals surface area contributed by atoms with Gasteiger partial charge < -0.3 is 9.80 Å². The van der Waals surface area contributed by atoms with Crippen LogP contribution in [0.15, 0.2) is 18.2 Å². The second-order valence-corrected chi connectivity index (χ2v) is 10.7. The predicted molar refractivity (Wildman–Crippen MR) is 112 cm³/mol. The molecule has 1 atom stereocenters. The normalized spacial score (nSPS) is 22.0. The van der Waals surface area contributed by atoms with Crippen LogP contribution in [0.1, 0.15) is 18.4 Å². The average molecular weight is 423 g/mol. The molecule has 1 aromatic heterocycles. The first-order valence-corrected chi connectivity index (χ1v) is 12.3. The van der Waals surface area contributed by atoms with E-state index in [0.29, 0.717) is 26.2 Å². The van der Waals surface area contributed by atoms with Crippen molar-refractivity contribution in [1.29, 1.82) is 0 Å². The summed E-state index contributed by atoms with van der Waals surface area (Å²) < 4.78 is 26.3. The molecule has 2 fully saturated rings. The van der Waals surface area contributed by atoms with Crippen molar-refractivity contribution in [3.63, 3.8) is 0 Å². The van der Waals surface area contributed by atoms with E-state index in [0.717, 1.165) is 36.6 Å². The van der Waals surface area contributed by atoms with Crippen molar-refractivity contribution in [2.24, 2.45) is 5.92 Å².